The molecule has 2 aromatic rings. The summed E-state index contributed by atoms with van der Waals surface area (Å²) in [5.41, 5.74) is 14.3. The summed E-state index contributed by atoms with van der Waals surface area (Å²) in [5.74, 6) is 0. The molecule has 170 valence electrons. The molecule has 2 rings (SSSR count). The van der Waals surface area contributed by atoms with E-state index in [0.29, 0.717) is 0 Å². The van der Waals surface area contributed by atoms with Gasteiger partial charge in [-0.1, -0.05) is 12.2 Å². The number of hydrogen-bond donors (Lipinski definition) is 0. The fourth-order valence-electron chi connectivity index (χ4n) is 5.09. The largest absolute Gasteiger partial charge is 0.361 e. The standard InChI is InChI=1S/C29H44N2/c1-17-19(3)27(31(28(9,10)11)29(12,13)14)20(4)18(2)25(17)15-16-26-21(5)23(7)30-24(8)22(26)6/h15-16H,1-14H3/b16-15+. The van der Waals surface area contributed by atoms with E-state index in [1.807, 2.05) is 0 Å². The topological polar surface area (TPSA) is 16.1 Å². The molecule has 0 aliphatic rings. The lowest BCUT2D eigenvalue weighted by Gasteiger charge is -2.49. The predicted molar refractivity (Wildman–Crippen MR) is 139 cm³/mol. The van der Waals surface area contributed by atoms with Crippen LogP contribution >= 0.6 is 0 Å². The molecule has 0 fully saturated rings. The number of rotatable bonds is 3. The van der Waals surface area contributed by atoms with E-state index in [1.54, 1.807) is 0 Å². The van der Waals surface area contributed by atoms with Crippen molar-refractivity contribution in [2.75, 3.05) is 4.90 Å². The van der Waals surface area contributed by atoms with Gasteiger partial charge in [-0.2, -0.15) is 0 Å². The summed E-state index contributed by atoms with van der Waals surface area (Å²) in [6.45, 7) is 31.6. The molecule has 2 heteroatoms. The molecule has 31 heavy (non-hydrogen) atoms. The van der Waals surface area contributed by atoms with Gasteiger partial charge in [-0.25, -0.2) is 0 Å². The number of anilines is 1. The van der Waals surface area contributed by atoms with Gasteiger partial charge in [0.25, 0.3) is 0 Å². The summed E-state index contributed by atoms with van der Waals surface area (Å²) >= 11 is 0. The fraction of sp³-hybridized carbons (Fsp3) is 0.552. The van der Waals surface area contributed by atoms with E-state index in [4.69, 9.17) is 0 Å². The Balaban J connectivity index is 2.75. The molecule has 0 atom stereocenters. The Hall–Kier alpha value is -2.09. The SMILES string of the molecule is Cc1nc(C)c(C)c(/C=C/c2c(C)c(C)c(N(C(C)(C)C)C(C)(C)C)c(C)c2C)c1C. The van der Waals surface area contributed by atoms with Gasteiger partial charge in [0.15, 0.2) is 0 Å². The summed E-state index contributed by atoms with van der Waals surface area (Å²) in [6.07, 6.45) is 4.62. The monoisotopic (exact) mass is 420 g/mol. The molecule has 1 heterocycles. The van der Waals surface area contributed by atoms with E-state index in [-0.39, 0.29) is 11.1 Å². The first-order valence-corrected chi connectivity index (χ1v) is 11.5. The molecule has 0 aliphatic carbocycles. The van der Waals surface area contributed by atoms with Crippen LogP contribution in [0.4, 0.5) is 5.69 Å². The maximum atomic E-state index is 4.69. The molecular weight excluding hydrogens is 376 g/mol. The molecule has 1 aromatic carbocycles. The molecule has 0 bridgehead atoms. The zero-order chi connectivity index (χ0) is 24.0. The Kier molecular flexibility index (Phi) is 6.86. The molecular formula is C29H44N2. The van der Waals surface area contributed by atoms with E-state index in [0.717, 1.165) is 11.4 Å². The molecule has 0 aliphatic heterocycles. The normalized spacial score (nSPS) is 12.7. The minimum atomic E-state index is 0.0321. The Morgan fingerprint density at radius 3 is 1.16 bits per heavy atom. The van der Waals surface area contributed by atoms with Gasteiger partial charge in [0.1, 0.15) is 0 Å². The van der Waals surface area contributed by atoms with Crippen molar-refractivity contribution in [1.82, 2.24) is 4.98 Å². The summed E-state index contributed by atoms with van der Waals surface area (Å²) in [6, 6.07) is 0. The second kappa shape index (κ2) is 8.45. The lowest BCUT2D eigenvalue weighted by Crippen LogP contribution is -2.53. The van der Waals surface area contributed by atoms with Gasteiger partial charge in [0, 0.05) is 28.2 Å². The van der Waals surface area contributed by atoms with Gasteiger partial charge >= 0.3 is 0 Å². The number of pyridine rings is 1. The number of benzene rings is 1. The molecule has 2 nitrogen and oxygen atoms in total. The average molecular weight is 421 g/mol. The van der Waals surface area contributed by atoms with Crippen molar-refractivity contribution in [2.45, 2.75) is 108 Å². The lowest BCUT2D eigenvalue weighted by atomic mass is 9.86. The van der Waals surface area contributed by atoms with Crippen molar-refractivity contribution < 1.29 is 0 Å². The van der Waals surface area contributed by atoms with Crippen LogP contribution in [0.15, 0.2) is 0 Å². The van der Waals surface area contributed by atoms with Crippen LogP contribution in [0.5, 0.6) is 0 Å². The third-order valence-electron chi connectivity index (χ3n) is 6.85. The third kappa shape index (κ3) is 4.73. The van der Waals surface area contributed by atoms with Crippen molar-refractivity contribution in [1.29, 1.82) is 0 Å². The molecule has 0 N–H and O–H groups in total. The van der Waals surface area contributed by atoms with E-state index in [9.17, 15) is 0 Å². The Bertz CT molecular complexity index is 955. The van der Waals surface area contributed by atoms with Gasteiger partial charge < -0.3 is 4.90 Å². The second-order valence-electron chi connectivity index (χ2n) is 11.2. The van der Waals surface area contributed by atoms with Crippen LogP contribution in [-0.2, 0) is 0 Å². The molecule has 0 spiro atoms. The van der Waals surface area contributed by atoms with Crippen LogP contribution in [0.25, 0.3) is 12.2 Å². The molecule has 0 unspecified atom stereocenters. The van der Waals surface area contributed by atoms with Crippen molar-refractivity contribution in [3.05, 3.63) is 55.9 Å². The van der Waals surface area contributed by atoms with Crippen LogP contribution in [0, 0.1) is 55.4 Å². The molecule has 0 amide bonds. The van der Waals surface area contributed by atoms with E-state index >= 15 is 0 Å². The van der Waals surface area contributed by atoms with E-state index in [1.165, 1.54) is 50.2 Å². The van der Waals surface area contributed by atoms with Crippen LogP contribution in [0.2, 0.25) is 0 Å². The zero-order valence-corrected chi connectivity index (χ0v) is 22.5. The van der Waals surface area contributed by atoms with Crippen LogP contribution in [-0.4, -0.2) is 16.1 Å². The first kappa shape index (κ1) is 25.2. The zero-order valence-electron chi connectivity index (χ0n) is 22.5. The van der Waals surface area contributed by atoms with Crippen LogP contribution < -0.4 is 4.90 Å². The Labute approximate surface area is 191 Å². The maximum Gasteiger partial charge on any atom is 0.0440 e. The highest BCUT2D eigenvalue weighted by Crippen LogP contribution is 2.41. The van der Waals surface area contributed by atoms with Gasteiger partial charge in [-0.05, 0) is 141 Å². The first-order chi connectivity index (χ1) is 14.0. The van der Waals surface area contributed by atoms with Gasteiger partial charge in [0.2, 0.25) is 0 Å². The summed E-state index contributed by atoms with van der Waals surface area (Å²) in [4.78, 5) is 7.29. The number of aryl methyl sites for hydroxylation is 2. The highest BCUT2D eigenvalue weighted by Gasteiger charge is 2.34. The Morgan fingerprint density at radius 1 is 0.516 bits per heavy atom. The summed E-state index contributed by atoms with van der Waals surface area (Å²) in [5, 5.41) is 0. The molecule has 0 saturated carbocycles. The van der Waals surface area contributed by atoms with E-state index in [2.05, 4.69) is 119 Å². The maximum absolute atomic E-state index is 4.69. The first-order valence-electron chi connectivity index (χ1n) is 11.5. The highest BCUT2D eigenvalue weighted by atomic mass is 15.2. The van der Waals surface area contributed by atoms with Crippen molar-refractivity contribution >= 4 is 17.8 Å². The number of nitrogens with zero attached hydrogens (tertiary/aromatic N) is 2. The van der Waals surface area contributed by atoms with Gasteiger partial charge in [-0.3, -0.25) is 4.98 Å². The van der Waals surface area contributed by atoms with Gasteiger partial charge in [-0.15, -0.1) is 0 Å². The molecule has 0 radical (unpaired) electrons. The van der Waals surface area contributed by atoms with Crippen LogP contribution in [0.1, 0.15) is 97.4 Å². The van der Waals surface area contributed by atoms with E-state index < -0.39 is 0 Å². The lowest BCUT2D eigenvalue weighted by molar-refractivity contribution is 0.379. The second-order valence-corrected chi connectivity index (χ2v) is 11.2. The molecule has 1 aromatic heterocycles. The van der Waals surface area contributed by atoms with Crippen molar-refractivity contribution in [2.24, 2.45) is 0 Å². The van der Waals surface area contributed by atoms with Crippen molar-refractivity contribution in [3.63, 3.8) is 0 Å². The fourth-order valence-corrected chi connectivity index (χ4v) is 5.09. The highest BCUT2D eigenvalue weighted by molar-refractivity contribution is 5.80. The molecule has 0 saturated heterocycles. The smallest absolute Gasteiger partial charge is 0.0440 e. The average Bonchev–Trinajstić information content (AvgIpc) is 2.62. The summed E-state index contributed by atoms with van der Waals surface area (Å²) in [7, 11) is 0. The number of hydrogen-bond acceptors (Lipinski definition) is 2. The summed E-state index contributed by atoms with van der Waals surface area (Å²) < 4.78 is 0. The minimum absolute atomic E-state index is 0.0321. The minimum Gasteiger partial charge on any atom is -0.361 e. The third-order valence-corrected chi connectivity index (χ3v) is 6.85. The van der Waals surface area contributed by atoms with Crippen molar-refractivity contribution in [3.8, 4) is 0 Å². The van der Waals surface area contributed by atoms with Crippen LogP contribution in [0.3, 0.4) is 0 Å². The quantitative estimate of drug-likeness (QED) is 0.498. The predicted octanol–water partition coefficient (Wildman–Crippen LogP) is 8.12. The Morgan fingerprint density at radius 2 is 0.839 bits per heavy atom. The van der Waals surface area contributed by atoms with Gasteiger partial charge in [0.05, 0.1) is 0 Å². The number of aromatic nitrogens is 1.